The Hall–Kier alpha value is -1.32. The number of nitrogens with zero attached hydrogens (tertiary/aromatic N) is 1. The number of hydrogen-bond donors (Lipinski definition) is 4. The largest absolute Gasteiger partial charge is 0.505 e. The summed E-state index contributed by atoms with van der Waals surface area (Å²) in [5.74, 6) is 0. The number of carbonyl (C=O) groups is 1. The lowest BCUT2D eigenvalue weighted by Crippen LogP contribution is -2.28. The molecule has 1 aromatic heterocycles. The van der Waals surface area contributed by atoms with Crippen molar-refractivity contribution in [2.75, 3.05) is 18.0 Å². The lowest BCUT2D eigenvalue weighted by molar-refractivity contribution is 0.251. The molecule has 1 unspecified atom stereocenters. The molecule has 0 aliphatic rings. The second kappa shape index (κ2) is 12.2. The summed E-state index contributed by atoms with van der Waals surface area (Å²) < 4.78 is 10.6. The van der Waals surface area contributed by atoms with Gasteiger partial charge in [-0.15, -0.1) is 11.3 Å². The first kappa shape index (κ1) is 23.7. The minimum Gasteiger partial charge on any atom is -0.412 e. The highest BCUT2D eigenvalue weighted by Crippen LogP contribution is 2.22. The van der Waals surface area contributed by atoms with Crippen LogP contribution in [0.1, 0.15) is 17.7 Å². The Bertz CT molecular complexity index is 778. The van der Waals surface area contributed by atoms with Crippen LogP contribution in [0.25, 0.3) is 0 Å². The number of benzene rings is 1. The predicted molar refractivity (Wildman–Crippen MR) is 109 cm³/mol. The van der Waals surface area contributed by atoms with Crippen molar-refractivity contribution < 1.29 is 19.7 Å². The van der Waals surface area contributed by atoms with E-state index < -0.39 is 8.03 Å². The summed E-state index contributed by atoms with van der Waals surface area (Å²) in [4.78, 5) is 24.9. The Balaban J connectivity index is 0.00000364. The van der Waals surface area contributed by atoms with Crippen molar-refractivity contribution in [2.24, 2.45) is 0 Å². The molecule has 2 rings (SSSR count). The van der Waals surface area contributed by atoms with Gasteiger partial charge in [0.1, 0.15) is 0 Å². The van der Waals surface area contributed by atoms with E-state index in [0.717, 1.165) is 11.3 Å². The second-order valence-corrected chi connectivity index (χ2v) is 8.13. The van der Waals surface area contributed by atoms with E-state index in [1.807, 2.05) is 5.38 Å². The summed E-state index contributed by atoms with van der Waals surface area (Å²) >= 11 is 13.1. The van der Waals surface area contributed by atoms with Gasteiger partial charge in [-0.05, 0) is 28.8 Å². The number of halogens is 2. The highest BCUT2D eigenvalue weighted by molar-refractivity contribution is 7.37. The fourth-order valence-corrected chi connectivity index (χ4v) is 3.43. The van der Waals surface area contributed by atoms with Crippen LogP contribution in [0.4, 0.5) is 9.93 Å². The van der Waals surface area contributed by atoms with Gasteiger partial charge >= 0.3 is 14.1 Å². The molecular formula is C15H20Cl2N4O4PS+. The molecule has 0 saturated carbocycles. The molecule has 0 aliphatic carbocycles. The highest BCUT2D eigenvalue weighted by atomic mass is 35.5. The van der Waals surface area contributed by atoms with Crippen LogP contribution in [0, 0.1) is 0 Å². The lowest BCUT2D eigenvalue weighted by Gasteiger charge is -2.06. The summed E-state index contributed by atoms with van der Waals surface area (Å²) in [5, 5.41) is 11.8. The molecule has 27 heavy (non-hydrogen) atoms. The van der Waals surface area contributed by atoms with Gasteiger partial charge in [0, 0.05) is 24.9 Å². The fourth-order valence-electron chi connectivity index (χ4n) is 1.97. The maximum atomic E-state index is 11.9. The van der Waals surface area contributed by atoms with Crippen LogP contribution < -0.4 is 16.0 Å². The molecular weight excluding hydrogens is 434 g/mol. The summed E-state index contributed by atoms with van der Waals surface area (Å²) in [6, 6.07) is 4.80. The second-order valence-electron chi connectivity index (χ2n) is 5.31. The van der Waals surface area contributed by atoms with Gasteiger partial charge in [-0.1, -0.05) is 29.3 Å². The molecule has 2 amide bonds. The molecule has 6 N–H and O–H groups in total. The third kappa shape index (κ3) is 8.94. The van der Waals surface area contributed by atoms with Gasteiger partial charge in [-0.3, -0.25) is 5.32 Å². The highest BCUT2D eigenvalue weighted by Gasteiger charge is 2.09. The van der Waals surface area contributed by atoms with Gasteiger partial charge in [0.05, 0.1) is 15.7 Å². The van der Waals surface area contributed by atoms with E-state index in [1.165, 1.54) is 11.3 Å². The SMILES string of the molecule is O.O=C(NCc1ccc(Cl)c(Cl)c1)Nc1nc(CNCCC[P+](=O)O)cs1. The zero-order valence-electron chi connectivity index (χ0n) is 14.2. The van der Waals surface area contributed by atoms with Crippen molar-refractivity contribution in [1.82, 2.24) is 15.6 Å². The topological polar surface area (TPSA) is 135 Å². The van der Waals surface area contributed by atoms with Crippen molar-refractivity contribution in [2.45, 2.75) is 19.5 Å². The van der Waals surface area contributed by atoms with Crippen molar-refractivity contribution in [3.63, 3.8) is 0 Å². The molecule has 2 aromatic rings. The Labute approximate surface area is 171 Å². The standard InChI is InChI=1S/C15H17Cl2N4O3PS.H2O/c16-12-3-2-10(6-13(12)17)7-19-14(22)21-15-20-11(9-26-15)8-18-4-1-5-25(23)24;/h2-3,6,9,18H,1,4-5,7-8H2,(H2-,19,20,21,22,23,24);1H2/p+1. The first-order valence-electron chi connectivity index (χ1n) is 7.71. The number of hydrogen-bond acceptors (Lipinski definition) is 5. The summed E-state index contributed by atoms with van der Waals surface area (Å²) in [7, 11) is -2.07. The van der Waals surface area contributed by atoms with Gasteiger partial charge in [0.15, 0.2) is 11.3 Å². The summed E-state index contributed by atoms with van der Waals surface area (Å²) in [5.41, 5.74) is 1.63. The summed E-state index contributed by atoms with van der Waals surface area (Å²) in [6.45, 7) is 1.48. The molecule has 0 radical (unpaired) electrons. The van der Waals surface area contributed by atoms with E-state index in [-0.39, 0.29) is 17.7 Å². The summed E-state index contributed by atoms with van der Waals surface area (Å²) in [6.07, 6.45) is 0.906. The Morgan fingerprint density at radius 1 is 1.26 bits per heavy atom. The Morgan fingerprint density at radius 3 is 2.74 bits per heavy atom. The molecule has 1 aromatic carbocycles. The number of nitrogens with one attached hydrogen (secondary N) is 3. The normalized spacial score (nSPS) is 10.9. The maximum Gasteiger partial charge on any atom is 0.505 e. The van der Waals surface area contributed by atoms with Crippen LogP contribution in [-0.4, -0.2) is 34.1 Å². The zero-order chi connectivity index (χ0) is 18.9. The molecule has 8 nitrogen and oxygen atoms in total. The molecule has 1 atom stereocenters. The minimum atomic E-state index is -2.07. The molecule has 12 heteroatoms. The van der Waals surface area contributed by atoms with Crippen LogP contribution in [-0.2, 0) is 17.7 Å². The Morgan fingerprint density at radius 2 is 2.04 bits per heavy atom. The molecule has 0 aliphatic heterocycles. The number of aromatic nitrogens is 1. The third-order valence-electron chi connectivity index (χ3n) is 3.22. The lowest BCUT2D eigenvalue weighted by atomic mass is 10.2. The molecule has 1 heterocycles. The number of anilines is 1. The van der Waals surface area contributed by atoms with Crippen LogP contribution in [0.2, 0.25) is 10.0 Å². The average molecular weight is 454 g/mol. The first-order valence-corrected chi connectivity index (χ1v) is 10.7. The van der Waals surface area contributed by atoms with Gasteiger partial charge in [-0.25, -0.2) is 9.78 Å². The van der Waals surface area contributed by atoms with Crippen molar-refractivity contribution in [1.29, 1.82) is 0 Å². The van der Waals surface area contributed by atoms with E-state index in [2.05, 4.69) is 20.9 Å². The van der Waals surface area contributed by atoms with Gasteiger partial charge in [-0.2, -0.15) is 4.89 Å². The third-order valence-corrected chi connectivity index (χ3v) is 5.46. The number of thiazole rings is 1. The van der Waals surface area contributed by atoms with Crippen molar-refractivity contribution in [3.05, 3.63) is 44.9 Å². The van der Waals surface area contributed by atoms with Crippen LogP contribution in [0.5, 0.6) is 0 Å². The van der Waals surface area contributed by atoms with Gasteiger partial charge < -0.3 is 16.1 Å². The van der Waals surface area contributed by atoms with Crippen LogP contribution >= 0.6 is 42.6 Å². The number of carbonyl (C=O) groups excluding carboxylic acids is 1. The molecule has 0 saturated heterocycles. The number of rotatable bonds is 9. The quantitative estimate of drug-likeness (QED) is 0.341. The molecule has 0 fully saturated rings. The van der Waals surface area contributed by atoms with E-state index >= 15 is 0 Å². The van der Waals surface area contributed by atoms with E-state index in [4.69, 9.17) is 28.1 Å². The van der Waals surface area contributed by atoms with E-state index in [0.29, 0.717) is 41.2 Å². The van der Waals surface area contributed by atoms with Gasteiger partial charge in [0.25, 0.3) is 0 Å². The fraction of sp³-hybridized carbons (Fsp3) is 0.333. The van der Waals surface area contributed by atoms with Gasteiger partial charge in [0.2, 0.25) is 0 Å². The van der Waals surface area contributed by atoms with Crippen molar-refractivity contribution in [3.8, 4) is 0 Å². The first-order chi connectivity index (χ1) is 12.4. The van der Waals surface area contributed by atoms with E-state index in [1.54, 1.807) is 18.2 Å². The monoisotopic (exact) mass is 453 g/mol. The molecule has 0 spiro atoms. The zero-order valence-corrected chi connectivity index (χ0v) is 17.4. The maximum absolute atomic E-state index is 11.9. The molecule has 0 bridgehead atoms. The smallest absolute Gasteiger partial charge is 0.412 e. The molecule has 148 valence electrons. The number of amides is 2. The Kier molecular flexibility index (Phi) is 10.7. The predicted octanol–water partition coefficient (Wildman–Crippen LogP) is 3.16. The minimum absolute atomic E-state index is 0. The van der Waals surface area contributed by atoms with Crippen LogP contribution in [0.15, 0.2) is 23.6 Å². The van der Waals surface area contributed by atoms with E-state index in [9.17, 15) is 9.36 Å². The average Bonchev–Trinajstić information content (AvgIpc) is 3.02. The number of urea groups is 1. The van der Waals surface area contributed by atoms with Crippen molar-refractivity contribution >= 4 is 53.7 Å². The van der Waals surface area contributed by atoms with Crippen LogP contribution in [0.3, 0.4) is 0 Å².